The second-order valence-electron chi connectivity index (χ2n) is 7.54. The van der Waals surface area contributed by atoms with Crippen molar-refractivity contribution in [2.75, 3.05) is 16.2 Å². The van der Waals surface area contributed by atoms with Crippen molar-refractivity contribution in [1.82, 2.24) is 9.97 Å². The lowest BCUT2D eigenvalue weighted by atomic mass is 10.1. The van der Waals surface area contributed by atoms with Crippen LogP contribution in [0.2, 0.25) is 10.0 Å². The molecule has 0 amide bonds. The van der Waals surface area contributed by atoms with Crippen LogP contribution in [0, 0.1) is 0 Å². The van der Waals surface area contributed by atoms with Crippen molar-refractivity contribution in [3.05, 3.63) is 58.6 Å². The second-order valence-corrected chi connectivity index (χ2v) is 8.38. The van der Waals surface area contributed by atoms with Crippen LogP contribution in [0.5, 0.6) is 5.75 Å². The van der Waals surface area contributed by atoms with Gasteiger partial charge in [-0.05, 0) is 43.2 Å². The Labute approximate surface area is 198 Å². The molecule has 1 aliphatic carbocycles. The molecule has 174 valence electrons. The van der Waals surface area contributed by atoms with Crippen LogP contribution in [-0.2, 0) is 0 Å². The summed E-state index contributed by atoms with van der Waals surface area (Å²) in [6, 6.07) is 12.5. The maximum atomic E-state index is 12.7. The van der Waals surface area contributed by atoms with Crippen molar-refractivity contribution in [3.8, 4) is 17.0 Å². The number of hydrogen-bond acceptors (Lipinski definition) is 6. The maximum absolute atomic E-state index is 12.7. The molecule has 0 bridgehead atoms. The largest absolute Gasteiger partial charge is 0.573 e. The molecule has 3 aromatic rings. The summed E-state index contributed by atoms with van der Waals surface area (Å²) in [5, 5.41) is 4.22. The summed E-state index contributed by atoms with van der Waals surface area (Å²) in [5.41, 5.74) is 7.38. The van der Waals surface area contributed by atoms with E-state index in [1.807, 2.05) is 0 Å². The highest BCUT2D eigenvalue weighted by molar-refractivity contribution is 6.36. The van der Waals surface area contributed by atoms with E-state index in [9.17, 15) is 13.2 Å². The van der Waals surface area contributed by atoms with Gasteiger partial charge in [-0.25, -0.2) is 4.98 Å². The van der Waals surface area contributed by atoms with E-state index in [0.717, 1.165) is 25.7 Å². The Bertz CT molecular complexity index is 1120. The first kappa shape index (κ1) is 23.3. The number of hydrogen-bond donors (Lipinski definition) is 3. The molecule has 1 saturated carbocycles. The van der Waals surface area contributed by atoms with Crippen molar-refractivity contribution in [3.63, 3.8) is 0 Å². The lowest BCUT2D eigenvalue weighted by Gasteiger charge is -2.16. The zero-order valence-electron chi connectivity index (χ0n) is 17.2. The van der Waals surface area contributed by atoms with E-state index in [-0.39, 0.29) is 11.8 Å². The average Bonchev–Trinajstić information content (AvgIpc) is 3.25. The minimum Gasteiger partial charge on any atom is -0.406 e. The maximum Gasteiger partial charge on any atom is 0.573 e. The van der Waals surface area contributed by atoms with E-state index in [0.29, 0.717) is 38.8 Å². The van der Waals surface area contributed by atoms with Crippen LogP contribution in [0.4, 0.5) is 30.6 Å². The quantitative estimate of drug-likeness (QED) is 0.301. The molecule has 0 saturated heterocycles. The molecule has 33 heavy (non-hydrogen) atoms. The molecule has 1 fully saturated rings. The number of alkyl halides is 3. The first-order chi connectivity index (χ1) is 15.7. The minimum absolute atomic E-state index is 0.242. The third-order valence-electron chi connectivity index (χ3n) is 5.03. The Morgan fingerprint density at radius 2 is 1.73 bits per heavy atom. The highest BCUT2D eigenvalue weighted by Crippen LogP contribution is 2.30. The SMILES string of the molecule is FC(F)(F)Oc1cccc(-c2cc(NNc3ccc(Cl)cc3Cl)nc(NC3CCCC3)n2)c1. The molecule has 0 aliphatic heterocycles. The molecule has 4 rings (SSSR count). The van der Waals surface area contributed by atoms with Crippen LogP contribution >= 0.6 is 23.2 Å². The Morgan fingerprint density at radius 3 is 2.45 bits per heavy atom. The van der Waals surface area contributed by atoms with Gasteiger partial charge in [0.15, 0.2) is 5.82 Å². The van der Waals surface area contributed by atoms with Crippen molar-refractivity contribution in [1.29, 1.82) is 0 Å². The first-order valence-electron chi connectivity index (χ1n) is 10.2. The fourth-order valence-electron chi connectivity index (χ4n) is 3.55. The third kappa shape index (κ3) is 6.55. The van der Waals surface area contributed by atoms with Crippen LogP contribution in [0.15, 0.2) is 48.5 Å². The summed E-state index contributed by atoms with van der Waals surface area (Å²) >= 11 is 12.1. The van der Waals surface area contributed by atoms with Crippen molar-refractivity contribution < 1.29 is 17.9 Å². The number of hydrazine groups is 1. The van der Waals surface area contributed by atoms with Gasteiger partial charge in [0.25, 0.3) is 0 Å². The van der Waals surface area contributed by atoms with E-state index in [1.54, 1.807) is 30.3 Å². The summed E-state index contributed by atoms with van der Waals surface area (Å²) in [5.74, 6) is 0.436. The fourth-order valence-corrected chi connectivity index (χ4v) is 4.01. The molecule has 1 aromatic heterocycles. The summed E-state index contributed by atoms with van der Waals surface area (Å²) in [6.07, 6.45) is -0.534. The average molecular weight is 498 g/mol. The van der Waals surface area contributed by atoms with Crippen LogP contribution in [0.1, 0.15) is 25.7 Å². The van der Waals surface area contributed by atoms with Crippen LogP contribution in [0.25, 0.3) is 11.3 Å². The first-order valence-corrected chi connectivity index (χ1v) is 11.0. The van der Waals surface area contributed by atoms with Crippen molar-refractivity contribution in [2.45, 2.75) is 38.1 Å². The number of aromatic nitrogens is 2. The van der Waals surface area contributed by atoms with Gasteiger partial charge < -0.3 is 10.1 Å². The number of nitrogens with zero attached hydrogens (tertiary/aromatic N) is 2. The van der Waals surface area contributed by atoms with Crippen molar-refractivity contribution >= 4 is 40.7 Å². The van der Waals surface area contributed by atoms with E-state index < -0.39 is 6.36 Å². The number of anilines is 3. The van der Waals surface area contributed by atoms with Gasteiger partial charge in [0.05, 0.1) is 16.4 Å². The topological polar surface area (TPSA) is 71.1 Å². The van der Waals surface area contributed by atoms with Gasteiger partial charge in [-0.15, -0.1) is 13.2 Å². The van der Waals surface area contributed by atoms with Gasteiger partial charge in [0.1, 0.15) is 5.75 Å². The van der Waals surface area contributed by atoms with Crippen LogP contribution in [-0.4, -0.2) is 22.4 Å². The smallest absolute Gasteiger partial charge is 0.406 e. The zero-order chi connectivity index (χ0) is 23.4. The van der Waals surface area contributed by atoms with Gasteiger partial charge >= 0.3 is 6.36 Å². The predicted octanol–water partition coefficient (Wildman–Crippen LogP) is 7.14. The van der Waals surface area contributed by atoms with Gasteiger partial charge in [0.2, 0.25) is 5.95 Å². The normalized spacial score (nSPS) is 14.2. The molecule has 6 nitrogen and oxygen atoms in total. The lowest BCUT2D eigenvalue weighted by Crippen LogP contribution is -2.18. The monoisotopic (exact) mass is 497 g/mol. The molecule has 0 unspecified atom stereocenters. The van der Waals surface area contributed by atoms with Gasteiger partial charge in [-0.3, -0.25) is 10.9 Å². The summed E-state index contributed by atoms with van der Waals surface area (Å²) in [7, 11) is 0. The van der Waals surface area contributed by atoms with Gasteiger partial charge in [0, 0.05) is 22.7 Å². The zero-order valence-corrected chi connectivity index (χ0v) is 18.7. The van der Waals surface area contributed by atoms with E-state index in [4.69, 9.17) is 23.2 Å². The minimum atomic E-state index is -4.78. The molecule has 11 heteroatoms. The number of ether oxygens (including phenoxy) is 1. The number of nitrogens with one attached hydrogen (secondary N) is 3. The number of rotatable bonds is 7. The lowest BCUT2D eigenvalue weighted by molar-refractivity contribution is -0.274. The molecule has 0 atom stereocenters. The summed E-state index contributed by atoms with van der Waals surface area (Å²) in [6.45, 7) is 0. The Hall–Kier alpha value is -2.91. The van der Waals surface area contributed by atoms with Gasteiger partial charge in [-0.2, -0.15) is 4.98 Å². The van der Waals surface area contributed by atoms with E-state index in [2.05, 4.69) is 30.9 Å². The molecule has 1 aliphatic rings. The molecule has 2 aromatic carbocycles. The Morgan fingerprint density at radius 1 is 0.939 bits per heavy atom. The highest BCUT2D eigenvalue weighted by Gasteiger charge is 2.31. The standard InChI is InChI=1S/C22H20Cl2F3N5O/c23-14-8-9-18(17(24)11-14)31-32-20-12-19(29-21(30-20)28-15-5-1-2-6-15)13-4-3-7-16(10-13)33-22(25,26)27/h3-4,7-12,15,31H,1-2,5-6H2,(H2,28,29,30,32). The van der Waals surface area contributed by atoms with Crippen molar-refractivity contribution in [2.24, 2.45) is 0 Å². The Balaban J connectivity index is 1.62. The molecule has 1 heterocycles. The predicted molar refractivity (Wildman–Crippen MR) is 124 cm³/mol. The van der Waals surface area contributed by atoms with E-state index >= 15 is 0 Å². The Kier molecular flexibility index (Phi) is 6.99. The number of halogens is 5. The second kappa shape index (κ2) is 9.93. The fraction of sp³-hybridized carbons (Fsp3) is 0.273. The third-order valence-corrected chi connectivity index (χ3v) is 5.58. The summed E-state index contributed by atoms with van der Waals surface area (Å²) in [4.78, 5) is 9.01. The molecular weight excluding hydrogens is 478 g/mol. The molecule has 3 N–H and O–H groups in total. The molecular formula is C22H20Cl2F3N5O. The molecule has 0 radical (unpaired) electrons. The van der Waals surface area contributed by atoms with Gasteiger partial charge in [-0.1, -0.05) is 48.2 Å². The number of benzene rings is 2. The molecule has 0 spiro atoms. The van der Waals surface area contributed by atoms with Crippen LogP contribution < -0.4 is 20.9 Å². The van der Waals surface area contributed by atoms with E-state index in [1.165, 1.54) is 18.2 Å². The summed E-state index contributed by atoms with van der Waals surface area (Å²) < 4.78 is 42.0. The highest BCUT2D eigenvalue weighted by atomic mass is 35.5. The van der Waals surface area contributed by atoms with Crippen LogP contribution in [0.3, 0.4) is 0 Å².